The fraction of sp³-hybridized carbons (Fsp3) is 0.357. The first-order valence-corrected chi connectivity index (χ1v) is 13.0. The van der Waals surface area contributed by atoms with E-state index >= 15 is 0 Å². The normalized spacial score (nSPS) is 15.7. The van der Waals surface area contributed by atoms with Gasteiger partial charge in [-0.15, -0.1) is 0 Å². The number of nitrogens with zero attached hydrogens (tertiary/aromatic N) is 4. The van der Waals surface area contributed by atoms with Gasteiger partial charge in [-0.2, -0.15) is 0 Å². The number of carbonyl (C=O) groups excluding carboxylic acids is 2. The van der Waals surface area contributed by atoms with Gasteiger partial charge in [0.1, 0.15) is 5.69 Å². The molecule has 0 unspecified atom stereocenters. The number of carbonyl (C=O) groups is 2. The van der Waals surface area contributed by atoms with Gasteiger partial charge < -0.3 is 20.4 Å². The molecule has 0 saturated carbocycles. The van der Waals surface area contributed by atoms with Crippen molar-refractivity contribution in [3.63, 3.8) is 0 Å². The minimum absolute atomic E-state index is 0.00288. The van der Waals surface area contributed by atoms with Gasteiger partial charge in [-0.05, 0) is 68.1 Å². The van der Waals surface area contributed by atoms with Crippen molar-refractivity contribution in [2.45, 2.75) is 39.2 Å². The lowest BCUT2D eigenvalue weighted by molar-refractivity contribution is -0.325. The number of amides is 2. The average Bonchev–Trinajstić information content (AvgIpc) is 2.92. The molecule has 10 heteroatoms. The molecule has 1 fully saturated rings. The Bertz CT molecular complexity index is 1350. The van der Waals surface area contributed by atoms with E-state index in [1.807, 2.05) is 47.2 Å². The quantitative estimate of drug-likeness (QED) is 0.372. The van der Waals surface area contributed by atoms with Gasteiger partial charge in [-0.25, -0.2) is 15.4 Å². The zero-order valence-electron chi connectivity index (χ0n) is 22.2. The second-order valence-corrected chi connectivity index (χ2v) is 10.0. The number of nitrogens with one attached hydrogen (secondary N) is 3. The molecular formula is C28H35N8O2+. The summed E-state index contributed by atoms with van der Waals surface area (Å²) in [5.41, 5.74) is 9.78. The highest BCUT2D eigenvalue weighted by Gasteiger charge is 2.34. The molecule has 6 N–H and O–H groups in total. The number of piperidine rings is 1. The number of fused-ring (bicyclic) bond motifs is 1. The van der Waals surface area contributed by atoms with Gasteiger partial charge in [0.2, 0.25) is 5.95 Å². The van der Waals surface area contributed by atoms with Gasteiger partial charge in [0.05, 0.1) is 16.9 Å². The maximum Gasteiger partial charge on any atom is 0.257 e. The lowest BCUT2D eigenvalue weighted by Gasteiger charge is -2.40. The molecule has 2 aliphatic rings. The highest BCUT2D eigenvalue weighted by Crippen LogP contribution is 2.27. The molecule has 0 atom stereocenters. The van der Waals surface area contributed by atoms with Gasteiger partial charge in [-0.1, -0.05) is 6.07 Å². The summed E-state index contributed by atoms with van der Waals surface area (Å²) in [5, 5.41) is 6.37. The Kier molecular flexibility index (Phi) is 7.15. The van der Waals surface area contributed by atoms with E-state index in [0.717, 1.165) is 46.7 Å². The number of rotatable bonds is 6. The molecule has 2 amide bonds. The third-order valence-corrected chi connectivity index (χ3v) is 7.35. The Morgan fingerprint density at radius 3 is 2.45 bits per heavy atom. The number of hydrogen-bond donors (Lipinski definition) is 4. The van der Waals surface area contributed by atoms with Crippen molar-refractivity contribution >= 4 is 34.8 Å². The van der Waals surface area contributed by atoms with E-state index in [2.05, 4.69) is 51.8 Å². The summed E-state index contributed by atoms with van der Waals surface area (Å²) < 4.78 is 0. The SMILES string of the molecule is CNc1cc(C(=O)N2CCC(N3CCc4nc(Nc5cc(C)cc(C)c5)ncc4C3=O)CC2)ccc1N[NH3+]. The van der Waals surface area contributed by atoms with Gasteiger partial charge >= 0.3 is 0 Å². The Morgan fingerprint density at radius 1 is 1.03 bits per heavy atom. The first-order chi connectivity index (χ1) is 18.4. The zero-order chi connectivity index (χ0) is 26.8. The van der Waals surface area contributed by atoms with Crippen LogP contribution >= 0.6 is 0 Å². The summed E-state index contributed by atoms with van der Waals surface area (Å²) in [6.07, 6.45) is 3.82. The molecule has 5 rings (SSSR count). The molecule has 2 aliphatic heterocycles. The van der Waals surface area contributed by atoms with Crippen molar-refractivity contribution < 1.29 is 15.4 Å². The smallest absolute Gasteiger partial charge is 0.257 e. The van der Waals surface area contributed by atoms with Gasteiger partial charge in [-0.3, -0.25) is 15.4 Å². The molecule has 0 radical (unpaired) electrons. The topological polar surface area (TPSA) is 130 Å². The van der Waals surface area contributed by atoms with E-state index in [4.69, 9.17) is 0 Å². The van der Waals surface area contributed by atoms with E-state index in [-0.39, 0.29) is 17.9 Å². The molecule has 198 valence electrons. The minimum Gasteiger partial charge on any atom is -0.386 e. The molecule has 10 nitrogen and oxygen atoms in total. The Labute approximate surface area is 222 Å². The summed E-state index contributed by atoms with van der Waals surface area (Å²) in [6, 6.07) is 11.8. The average molecular weight is 516 g/mol. The summed E-state index contributed by atoms with van der Waals surface area (Å²) in [5.74, 6) is 4.18. The van der Waals surface area contributed by atoms with Gasteiger partial charge in [0, 0.05) is 56.6 Å². The van der Waals surface area contributed by atoms with Crippen LogP contribution < -0.4 is 21.9 Å². The molecule has 3 heterocycles. The second-order valence-electron chi connectivity index (χ2n) is 10.0. The van der Waals surface area contributed by atoms with Crippen LogP contribution in [0.1, 0.15) is 50.4 Å². The predicted molar refractivity (Wildman–Crippen MR) is 147 cm³/mol. The van der Waals surface area contributed by atoms with Crippen LogP contribution in [0.3, 0.4) is 0 Å². The molecule has 3 aromatic rings. The van der Waals surface area contributed by atoms with Gasteiger partial charge in [0.15, 0.2) is 0 Å². The minimum atomic E-state index is -0.0242. The van der Waals surface area contributed by atoms with Crippen LogP contribution in [0.15, 0.2) is 42.6 Å². The molecule has 38 heavy (non-hydrogen) atoms. The Balaban J connectivity index is 1.22. The number of aromatic nitrogens is 2. The van der Waals surface area contributed by atoms with Crippen molar-refractivity contribution in [1.29, 1.82) is 0 Å². The molecule has 1 saturated heterocycles. The van der Waals surface area contributed by atoms with Crippen molar-refractivity contribution in [3.05, 3.63) is 70.5 Å². The summed E-state index contributed by atoms with van der Waals surface area (Å²) in [4.78, 5) is 39.4. The third kappa shape index (κ3) is 5.12. The van der Waals surface area contributed by atoms with Crippen LogP contribution in [0.2, 0.25) is 0 Å². The van der Waals surface area contributed by atoms with E-state index < -0.39 is 0 Å². The first kappa shape index (κ1) is 25.5. The first-order valence-electron chi connectivity index (χ1n) is 13.0. The van der Waals surface area contributed by atoms with Crippen LogP contribution in [0.5, 0.6) is 0 Å². The van der Waals surface area contributed by atoms with Crippen molar-refractivity contribution in [2.75, 3.05) is 42.7 Å². The van der Waals surface area contributed by atoms with Crippen LogP contribution in [0.4, 0.5) is 23.0 Å². The number of aryl methyl sites for hydroxylation is 2. The summed E-state index contributed by atoms with van der Waals surface area (Å²) in [7, 11) is 1.82. The van der Waals surface area contributed by atoms with Crippen molar-refractivity contribution in [2.24, 2.45) is 0 Å². The monoisotopic (exact) mass is 515 g/mol. The standard InChI is InChI=1S/C28H34N8O2/c1-17-12-18(2)14-20(13-17)32-28-31-16-22-23(33-28)8-11-36(27(22)38)21-6-9-35(10-7-21)26(37)19-4-5-24(34-29)25(15-19)30-3/h4-5,12-16,21,30,34H,6-11,29H2,1-3H3,(H,31,32,33)/p+1. The lowest BCUT2D eigenvalue weighted by atomic mass is 9.97. The van der Waals surface area contributed by atoms with Crippen LogP contribution in [-0.2, 0) is 6.42 Å². The largest absolute Gasteiger partial charge is 0.386 e. The Hall–Kier alpha value is -4.18. The maximum atomic E-state index is 13.4. The van der Waals surface area contributed by atoms with Crippen molar-refractivity contribution in [3.8, 4) is 0 Å². The number of likely N-dealkylation sites (tertiary alicyclic amines) is 1. The molecule has 0 aliphatic carbocycles. The van der Waals surface area contributed by atoms with E-state index in [1.54, 1.807) is 6.20 Å². The fourth-order valence-electron chi connectivity index (χ4n) is 5.46. The summed E-state index contributed by atoms with van der Waals surface area (Å²) >= 11 is 0. The number of benzene rings is 2. The summed E-state index contributed by atoms with van der Waals surface area (Å²) in [6.45, 7) is 5.95. The molecule has 0 bridgehead atoms. The second kappa shape index (κ2) is 10.7. The number of hydrogen-bond acceptors (Lipinski definition) is 7. The van der Waals surface area contributed by atoms with Crippen LogP contribution in [0, 0.1) is 13.8 Å². The Morgan fingerprint density at radius 2 is 1.76 bits per heavy atom. The lowest BCUT2D eigenvalue weighted by Crippen LogP contribution is -2.56. The fourth-order valence-corrected chi connectivity index (χ4v) is 5.46. The van der Waals surface area contributed by atoms with E-state index in [9.17, 15) is 9.59 Å². The molecule has 1 aromatic heterocycles. The van der Waals surface area contributed by atoms with E-state index in [1.165, 1.54) is 0 Å². The highest BCUT2D eigenvalue weighted by molar-refractivity contribution is 5.97. The number of anilines is 4. The van der Waals surface area contributed by atoms with Gasteiger partial charge in [0.25, 0.3) is 11.8 Å². The van der Waals surface area contributed by atoms with Crippen LogP contribution in [-0.4, -0.2) is 64.3 Å². The van der Waals surface area contributed by atoms with Crippen LogP contribution in [0.25, 0.3) is 0 Å². The molecule has 2 aromatic carbocycles. The predicted octanol–water partition coefficient (Wildman–Crippen LogP) is 2.75. The highest BCUT2D eigenvalue weighted by atomic mass is 16.2. The molecular weight excluding hydrogens is 480 g/mol. The van der Waals surface area contributed by atoms with E-state index in [0.29, 0.717) is 43.1 Å². The zero-order valence-corrected chi connectivity index (χ0v) is 22.2. The molecule has 0 spiro atoms. The maximum absolute atomic E-state index is 13.4. The third-order valence-electron chi connectivity index (χ3n) is 7.35. The van der Waals surface area contributed by atoms with Crippen molar-refractivity contribution in [1.82, 2.24) is 19.8 Å². The number of quaternary nitrogens is 1.